The minimum absolute atomic E-state index is 0.169. The summed E-state index contributed by atoms with van der Waals surface area (Å²) in [5.41, 5.74) is 5.22. The number of Topliss-reactive ketones (excluding diaryl/α,β-unsaturated/α-hetero) is 1. The third kappa shape index (κ3) is 3.88. The Bertz CT molecular complexity index is 1000. The van der Waals surface area contributed by atoms with Crippen molar-refractivity contribution in [2.75, 3.05) is 0 Å². The molecule has 4 rings (SSSR count). The Kier molecular flexibility index (Phi) is 5.34. The highest BCUT2D eigenvalue weighted by atomic mass is 16.5. The Morgan fingerprint density at radius 1 is 1.07 bits per heavy atom. The Morgan fingerprint density at radius 3 is 2.62 bits per heavy atom. The number of nitrogens with one attached hydrogen (secondary N) is 1. The summed E-state index contributed by atoms with van der Waals surface area (Å²) in [6.45, 7) is 4.12. The summed E-state index contributed by atoms with van der Waals surface area (Å²) in [4.78, 5) is 26.1. The van der Waals surface area contributed by atoms with Crippen molar-refractivity contribution in [2.45, 2.75) is 39.2 Å². The van der Waals surface area contributed by atoms with Gasteiger partial charge in [-0.2, -0.15) is 0 Å². The van der Waals surface area contributed by atoms with Gasteiger partial charge in [0.05, 0.1) is 11.5 Å². The predicted molar refractivity (Wildman–Crippen MR) is 112 cm³/mol. The number of hydrogen-bond acceptors (Lipinski definition) is 4. The molecule has 2 atom stereocenters. The smallest absolute Gasteiger partial charge is 0.336 e. The Labute approximate surface area is 171 Å². The van der Waals surface area contributed by atoms with Gasteiger partial charge in [0.2, 0.25) is 0 Å². The van der Waals surface area contributed by atoms with Crippen LogP contribution >= 0.6 is 0 Å². The van der Waals surface area contributed by atoms with Crippen LogP contribution in [-0.4, -0.2) is 11.8 Å². The first-order valence-corrected chi connectivity index (χ1v) is 10.0. The van der Waals surface area contributed by atoms with Gasteiger partial charge in [-0.15, -0.1) is 0 Å². The quantitative estimate of drug-likeness (QED) is 0.782. The van der Waals surface area contributed by atoms with E-state index in [4.69, 9.17) is 4.74 Å². The van der Waals surface area contributed by atoms with Gasteiger partial charge < -0.3 is 10.1 Å². The highest BCUT2D eigenvalue weighted by Crippen LogP contribution is 2.44. The molecule has 0 fully saturated rings. The minimum atomic E-state index is -0.372. The molecule has 0 radical (unpaired) electrons. The zero-order valence-corrected chi connectivity index (χ0v) is 16.8. The van der Waals surface area contributed by atoms with Gasteiger partial charge in [-0.25, -0.2) is 4.79 Å². The molecule has 2 unspecified atom stereocenters. The predicted octanol–water partition coefficient (Wildman–Crippen LogP) is 4.56. The van der Waals surface area contributed by atoms with Crippen molar-refractivity contribution in [1.29, 1.82) is 0 Å². The second kappa shape index (κ2) is 8.08. The summed E-state index contributed by atoms with van der Waals surface area (Å²) in [5.74, 6) is -0.905. The van der Waals surface area contributed by atoms with Crippen LogP contribution in [0.2, 0.25) is 0 Å². The third-order valence-electron chi connectivity index (χ3n) is 5.65. The van der Waals surface area contributed by atoms with E-state index in [9.17, 15) is 9.59 Å². The number of fused-ring (bicyclic) bond motifs is 1. The largest absolute Gasteiger partial charge is 0.457 e. The molecular weight excluding hydrogens is 362 g/mol. The van der Waals surface area contributed by atoms with Crippen molar-refractivity contribution in [3.63, 3.8) is 0 Å². The number of benzene rings is 2. The maximum Gasteiger partial charge on any atom is 0.336 e. The number of aryl methyl sites for hydroxylation is 1. The molecule has 1 N–H and O–H groups in total. The van der Waals surface area contributed by atoms with Gasteiger partial charge in [0, 0.05) is 23.7 Å². The van der Waals surface area contributed by atoms with Crippen LogP contribution in [0.4, 0.5) is 0 Å². The molecular formula is C25H25NO3. The molecule has 0 aromatic heterocycles. The van der Waals surface area contributed by atoms with Crippen molar-refractivity contribution >= 4 is 11.8 Å². The van der Waals surface area contributed by atoms with Gasteiger partial charge in [0.25, 0.3) is 0 Å². The molecule has 4 heteroatoms. The Morgan fingerprint density at radius 2 is 1.86 bits per heavy atom. The maximum atomic E-state index is 13.2. The number of allylic oxidation sites excluding steroid dienone is 3. The number of hydrogen-bond donors (Lipinski definition) is 1. The molecule has 0 saturated carbocycles. The van der Waals surface area contributed by atoms with Crippen LogP contribution in [0.3, 0.4) is 0 Å². The highest BCUT2D eigenvalue weighted by molar-refractivity contribution is 5.96. The number of esters is 1. The lowest BCUT2D eigenvalue weighted by molar-refractivity contribution is -0.141. The monoisotopic (exact) mass is 387 g/mol. The lowest BCUT2D eigenvalue weighted by Crippen LogP contribution is -2.40. The molecule has 0 bridgehead atoms. The zero-order chi connectivity index (χ0) is 20.4. The van der Waals surface area contributed by atoms with Gasteiger partial charge in [0.1, 0.15) is 12.4 Å². The van der Waals surface area contributed by atoms with Crippen molar-refractivity contribution < 1.29 is 14.3 Å². The normalized spacial score (nSPS) is 21.2. The molecule has 2 aromatic carbocycles. The molecule has 0 saturated heterocycles. The average molecular weight is 387 g/mol. The molecule has 1 aliphatic heterocycles. The first-order valence-electron chi connectivity index (χ1n) is 10.0. The molecule has 148 valence electrons. The summed E-state index contributed by atoms with van der Waals surface area (Å²) < 4.78 is 5.67. The van der Waals surface area contributed by atoms with Crippen LogP contribution < -0.4 is 5.32 Å². The fourth-order valence-corrected chi connectivity index (χ4v) is 4.31. The van der Waals surface area contributed by atoms with E-state index in [0.717, 1.165) is 34.5 Å². The second-order valence-electron chi connectivity index (χ2n) is 7.76. The van der Waals surface area contributed by atoms with E-state index in [1.54, 1.807) is 0 Å². The lowest BCUT2D eigenvalue weighted by Gasteiger charge is -2.38. The Hall–Kier alpha value is -3.14. The summed E-state index contributed by atoms with van der Waals surface area (Å²) in [7, 11) is 0. The fourth-order valence-electron chi connectivity index (χ4n) is 4.31. The number of ether oxygens (including phenoxy) is 1. The third-order valence-corrected chi connectivity index (χ3v) is 5.65. The molecule has 0 spiro atoms. The number of rotatable bonds is 4. The number of carbonyl (C=O) groups excluding carboxylic acids is 2. The molecule has 29 heavy (non-hydrogen) atoms. The first-order chi connectivity index (χ1) is 14.0. The molecule has 2 aromatic rings. The van der Waals surface area contributed by atoms with Crippen molar-refractivity contribution in [2.24, 2.45) is 5.92 Å². The summed E-state index contributed by atoms with van der Waals surface area (Å²) in [6.07, 6.45) is 3.33. The topological polar surface area (TPSA) is 55.4 Å². The van der Waals surface area contributed by atoms with Crippen LogP contribution in [0.15, 0.2) is 77.6 Å². The van der Waals surface area contributed by atoms with E-state index in [0.29, 0.717) is 12.0 Å². The van der Waals surface area contributed by atoms with Gasteiger partial charge in [-0.1, -0.05) is 66.2 Å². The molecule has 1 aliphatic carbocycles. The van der Waals surface area contributed by atoms with E-state index in [1.807, 2.05) is 62.4 Å². The standard InChI is InChI=1S/C25H25NO3/c1-16-8-6-11-19(14-16)23-22(25(28)29-15-18-9-4-3-5-10-18)17(2)26-20-12-7-13-21(27)24(20)23/h3-6,8-12,14,23-24,26H,7,13,15H2,1-2H3. The van der Waals surface area contributed by atoms with Crippen LogP contribution in [0.5, 0.6) is 0 Å². The van der Waals surface area contributed by atoms with Crippen LogP contribution in [0, 0.1) is 12.8 Å². The van der Waals surface area contributed by atoms with Crippen molar-refractivity contribution in [3.8, 4) is 0 Å². The molecule has 1 heterocycles. The minimum Gasteiger partial charge on any atom is -0.457 e. The molecule has 4 nitrogen and oxygen atoms in total. The van der Waals surface area contributed by atoms with E-state index in [-0.39, 0.29) is 30.2 Å². The lowest BCUT2D eigenvalue weighted by atomic mass is 9.71. The van der Waals surface area contributed by atoms with Gasteiger partial charge >= 0.3 is 5.97 Å². The molecule has 2 aliphatic rings. The molecule has 0 amide bonds. The van der Waals surface area contributed by atoms with Crippen LogP contribution in [0.25, 0.3) is 0 Å². The highest BCUT2D eigenvalue weighted by Gasteiger charge is 2.43. The van der Waals surface area contributed by atoms with E-state index < -0.39 is 0 Å². The zero-order valence-electron chi connectivity index (χ0n) is 16.8. The van der Waals surface area contributed by atoms with Gasteiger partial charge in [-0.3, -0.25) is 4.79 Å². The van der Waals surface area contributed by atoms with E-state index in [2.05, 4.69) is 17.5 Å². The Balaban J connectivity index is 1.72. The average Bonchev–Trinajstić information content (AvgIpc) is 2.72. The number of ketones is 1. The fraction of sp³-hybridized carbons (Fsp3) is 0.280. The van der Waals surface area contributed by atoms with E-state index in [1.165, 1.54) is 0 Å². The van der Waals surface area contributed by atoms with Crippen LogP contribution in [-0.2, 0) is 20.9 Å². The summed E-state index contributed by atoms with van der Waals surface area (Å²) >= 11 is 0. The first kappa shape index (κ1) is 19.2. The number of carbonyl (C=O) groups is 2. The van der Waals surface area contributed by atoms with E-state index >= 15 is 0 Å². The van der Waals surface area contributed by atoms with Crippen LogP contribution in [0.1, 0.15) is 42.4 Å². The maximum absolute atomic E-state index is 13.2. The van der Waals surface area contributed by atoms with Gasteiger partial charge in [-0.05, 0) is 31.4 Å². The summed E-state index contributed by atoms with van der Waals surface area (Å²) in [5, 5.41) is 3.31. The van der Waals surface area contributed by atoms with Crippen molar-refractivity contribution in [1.82, 2.24) is 5.32 Å². The SMILES string of the molecule is CC1=C(C(=O)OCc2ccccc2)C(c2cccc(C)c2)C2C(=O)CCC=C2N1. The van der Waals surface area contributed by atoms with Crippen molar-refractivity contribution in [3.05, 3.63) is 94.3 Å². The summed E-state index contributed by atoms with van der Waals surface area (Å²) in [6, 6.07) is 17.7. The van der Waals surface area contributed by atoms with Gasteiger partial charge in [0.15, 0.2) is 0 Å². The second-order valence-corrected chi connectivity index (χ2v) is 7.76.